The summed E-state index contributed by atoms with van der Waals surface area (Å²) in [6, 6.07) is 2.09. The molecule has 2 atom stereocenters. The summed E-state index contributed by atoms with van der Waals surface area (Å²) in [5.41, 5.74) is 0.000869. The topological polar surface area (TPSA) is 83.7 Å². The molecule has 21 heavy (non-hydrogen) atoms. The predicted octanol–water partition coefficient (Wildman–Crippen LogP) is 3.19. The van der Waals surface area contributed by atoms with E-state index in [2.05, 4.69) is 15.9 Å². The van der Waals surface area contributed by atoms with Crippen LogP contribution in [-0.4, -0.2) is 28.6 Å². The van der Waals surface area contributed by atoms with Crippen molar-refractivity contribution in [2.75, 3.05) is 11.4 Å². The van der Waals surface area contributed by atoms with Gasteiger partial charge in [0.05, 0.1) is 21.4 Å². The van der Waals surface area contributed by atoms with Gasteiger partial charge in [-0.25, -0.2) is 4.39 Å². The molecule has 0 aliphatic carbocycles. The molecule has 0 aromatic heterocycles. The van der Waals surface area contributed by atoms with Crippen molar-refractivity contribution in [3.05, 3.63) is 32.5 Å². The first kappa shape index (κ1) is 15.7. The van der Waals surface area contributed by atoms with Gasteiger partial charge in [0.1, 0.15) is 11.5 Å². The fourth-order valence-corrected chi connectivity index (χ4v) is 2.99. The summed E-state index contributed by atoms with van der Waals surface area (Å²) in [7, 11) is 0. The highest BCUT2D eigenvalue weighted by molar-refractivity contribution is 9.10. The molecule has 1 aliphatic rings. The highest BCUT2D eigenvalue weighted by Gasteiger charge is 2.33. The summed E-state index contributed by atoms with van der Waals surface area (Å²) < 4.78 is 13.7. The maximum absolute atomic E-state index is 13.5. The second kappa shape index (κ2) is 5.97. The van der Waals surface area contributed by atoms with E-state index in [1.807, 2.05) is 6.92 Å². The molecule has 2 rings (SSSR count). The van der Waals surface area contributed by atoms with Crippen molar-refractivity contribution in [3.63, 3.8) is 0 Å². The lowest BCUT2D eigenvalue weighted by Gasteiger charge is -2.37. The number of carbonyl (C=O) groups is 1. The van der Waals surface area contributed by atoms with Crippen LogP contribution >= 0.6 is 15.9 Å². The fourth-order valence-electron chi connectivity index (χ4n) is 2.66. The fraction of sp³-hybridized carbons (Fsp3) is 0.462. The van der Waals surface area contributed by atoms with Crippen LogP contribution in [0.15, 0.2) is 16.6 Å². The lowest BCUT2D eigenvalue weighted by Crippen LogP contribution is -2.43. The average Bonchev–Trinajstić information content (AvgIpc) is 2.41. The maximum atomic E-state index is 13.5. The third-order valence-corrected chi connectivity index (χ3v) is 4.36. The SMILES string of the molecule is CC1CC(C(=O)O)CCN1c1cc(Br)c(F)cc1[N+](=O)[O-]. The quantitative estimate of drug-likeness (QED) is 0.660. The van der Waals surface area contributed by atoms with E-state index < -0.39 is 22.6 Å². The molecule has 0 radical (unpaired) electrons. The lowest BCUT2D eigenvalue weighted by atomic mass is 9.91. The van der Waals surface area contributed by atoms with Gasteiger partial charge in [-0.1, -0.05) is 0 Å². The molecule has 114 valence electrons. The minimum atomic E-state index is -0.851. The number of carboxylic acid groups (broad SMARTS) is 1. The van der Waals surface area contributed by atoms with Crippen LogP contribution in [0.25, 0.3) is 0 Å². The van der Waals surface area contributed by atoms with Gasteiger partial charge in [0.15, 0.2) is 0 Å². The molecule has 6 nitrogen and oxygen atoms in total. The van der Waals surface area contributed by atoms with Crippen molar-refractivity contribution in [2.24, 2.45) is 5.92 Å². The molecule has 8 heteroatoms. The highest BCUT2D eigenvalue weighted by Crippen LogP contribution is 2.37. The summed E-state index contributed by atoms with van der Waals surface area (Å²) in [6.07, 6.45) is 0.813. The van der Waals surface area contributed by atoms with Crippen molar-refractivity contribution >= 4 is 33.3 Å². The Kier molecular flexibility index (Phi) is 4.46. The third kappa shape index (κ3) is 3.15. The Bertz CT molecular complexity index is 596. The van der Waals surface area contributed by atoms with Gasteiger partial charge >= 0.3 is 5.97 Å². The standard InChI is InChI=1S/C13H14BrFN2O4/c1-7-4-8(13(18)19)2-3-16(7)11-5-9(14)10(15)6-12(11)17(20)21/h5-8H,2-4H2,1H3,(H,18,19). The zero-order valence-electron chi connectivity index (χ0n) is 11.3. The number of nitrogens with zero attached hydrogens (tertiary/aromatic N) is 2. The molecule has 0 spiro atoms. The van der Waals surface area contributed by atoms with Gasteiger partial charge in [0.2, 0.25) is 0 Å². The van der Waals surface area contributed by atoms with Crippen molar-refractivity contribution in [1.29, 1.82) is 0 Å². The number of halogens is 2. The molecule has 0 saturated carbocycles. The average molecular weight is 361 g/mol. The number of hydrogen-bond acceptors (Lipinski definition) is 4. The number of hydrogen-bond donors (Lipinski definition) is 1. The van der Waals surface area contributed by atoms with Crippen molar-refractivity contribution in [1.82, 2.24) is 0 Å². The van der Waals surface area contributed by atoms with E-state index in [-0.39, 0.29) is 16.2 Å². The number of benzene rings is 1. The molecular weight excluding hydrogens is 347 g/mol. The Morgan fingerprint density at radius 3 is 2.76 bits per heavy atom. The van der Waals surface area contributed by atoms with Crippen LogP contribution < -0.4 is 4.90 Å². The molecule has 1 fully saturated rings. The number of nitro groups is 1. The summed E-state index contributed by atoms with van der Waals surface area (Å²) in [5.74, 6) is -1.99. The zero-order chi connectivity index (χ0) is 15.7. The zero-order valence-corrected chi connectivity index (χ0v) is 12.8. The van der Waals surface area contributed by atoms with Crippen LogP contribution in [0.5, 0.6) is 0 Å². The van der Waals surface area contributed by atoms with Gasteiger partial charge in [-0.2, -0.15) is 0 Å². The number of carboxylic acids is 1. The predicted molar refractivity (Wildman–Crippen MR) is 77.9 cm³/mol. The molecule has 1 aromatic rings. The van der Waals surface area contributed by atoms with Crippen LogP contribution in [0.4, 0.5) is 15.8 Å². The first-order valence-electron chi connectivity index (χ1n) is 6.44. The molecule has 0 amide bonds. The van der Waals surface area contributed by atoms with E-state index in [0.29, 0.717) is 25.1 Å². The number of nitro benzene ring substituents is 1. The maximum Gasteiger partial charge on any atom is 0.306 e. The van der Waals surface area contributed by atoms with E-state index in [1.54, 1.807) is 4.90 Å². The Labute approximate surface area is 128 Å². The van der Waals surface area contributed by atoms with Crippen molar-refractivity contribution in [2.45, 2.75) is 25.8 Å². The number of aliphatic carboxylic acids is 1. The van der Waals surface area contributed by atoms with Gasteiger partial charge in [-0.05, 0) is 41.8 Å². The molecule has 1 aromatic carbocycles. The number of piperidine rings is 1. The van der Waals surface area contributed by atoms with E-state index in [4.69, 9.17) is 5.11 Å². The van der Waals surface area contributed by atoms with Crippen LogP contribution in [0.1, 0.15) is 19.8 Å². The van der Waals surface area contributed by atoms with Crippen LogP contribution in [0.2, 0.25) is 0 Å². The van der Waals surface area contributed by atoms with Gasteiger partial charge in [0, 0.05) is 12.6 Å². The molecular formula is C13H14BrFN2O4. The number of anilines is 1. The van der Waals surface area contributed by atoms with Crippen molar-refractivity contribution < 1.29 is 19.2 Å². The molecule has 1 saturated heterocycles. The van der Waals surface area contributed by atoms with Crippen LogP contribution in [0.3, 0.4) is 0 Å². The van der Waals surface area contributed by atoms with Crippen LogP contribution in [-0.2, 0) is 4.79 Å². The van der Waals surface area contributed by atoms with E-state index in [9.17, 15) is 19.3 Å². The monoisotopic (exact) mass is 360 g/mol. The number of rotatable bonds is 3. The first-order valence-corrected chi connectivity index (χ1v) is 7.23. The Morgan fingerprint density at radius 1 is 1.57 bits per heavy atom. The largest absolute Gasteiger partial charge is 0.481 e. The van der Waals surface area contributed by atoms with Gasteiger partial charge in [-0.15, -0.1) is 0 Å². The summed E-state index contributed by atoms with van der Waals surface area (Å²) in [5, 5.41) is 20.2. The minimum Gasteiger partial charge on any atom is -0.481 e. The van der Waals surface area contributed by atoms with Crippen LogP contribution in [0, 0.1) is 21.8 Å². The Hall–Kier alpha value is -1.70. The van der Waals surface area contributed by atoms with E-state index in [0.717, 1.165) is 6.07 Å². The van der Waals surface area contributed by atoms with Gasteiger partial charge in [0.25, 0.3) is 5.69 Å². The summed E-state index contributed by atoms with van der Waals surface area (Å²) in [6.45, 7) is 2.20. The molecule has 0 bridgehead atoms. The van der Waals surface area contributed by atoms with E-state index in [1.165, 1.54) is 6.07 Å². The molecule has 1 aliphatic heterocycles. The Balaban J connectivity index is 2.36. The minimum absolute atomic E-state index is 0.149. The molecule has 2 unspecified atom stereocenters. The molecule has 1 N–H and O–H groups in total. The van der Waals surface area contributed by atoms with Gasteiger partial charge < -0.3 is 10.0 Å². The smallest absolute Gasteiger partial charge is 0.306 e. The van der Waals surface area contributed by atoms with Crippen molar-refractivity contribution in [3.8, 4) is 0 Å². The normalized spacial score (nSPS) is 22.1. The highest BCUT2D eigenvalue weighted by atomic mass is 79.9. The second-order valence-corrected chi connectivity index (χ2v) is 5.97. The Morgan fingerprint density at radius 2 is 2.24 bits per heavy atom. The lowest BCUT2D eigenvalue weighted by molar-refractivity contribution is -0.384. The molecule has 1 heterocycles. The summed E-state index contributed by atoms with van der Waals surface area (Å²) in [4.78, 5) is 23.3. The second-order valence-electron chi connectivity index (χ2n) is 5.11. The third-order valence-electron chi connectivity index (χ3n) is 3.75. The summed E-state index contributed by atoms with van der Waals surface area (Å²) >= 11 is 3.03. The van der Waals surface area contributed by atoms with E-state index >= 15 is 0 Å². The first-order chi connectivity index (χ1) is 9.81. The van der Waals surface area contributed by atoms with Gasteiger partial charge in [-0.3, -0.25) is 14.9 Å².